The third kappa shape index (κ3) is 5.05. The van der Waals surface area contributed by atoms with E-state index in [9.17, 15) is 4.79 Å². The molecule has 1 saturated heterocycles. The van der Waals surface area contributed by atoms with Crippen molar-refractivity contribution in [2.45, 2.75) is 39.2 Å². The van der Waals surface area contributed by atoms with E-state index in [1.54, 1.807) is 0 Å². The Morgan fingerprint density at radius 1 is 1.14 bits per heavy atom. The Bertz CT molecular complexity index is 436. The van der Waals surface area contributed by atoms with Crippen molar-refractivity contribution in [3.8, 4) is 0 Å². The van der Waals surface area contributed by atoms with Crippen LogP contribution in [0, 0.1) is 0 Å². The lowest BCUT2D eigenvalue weighted by Crippen LogP contribution is -2.40. The molecule has 1 aliphatic rings. The molecule has 4 heteroatoms. The third-order valence-electron chi connectivity index (χ3n) is 4.15. The molecule has 1 aromatic rings. The first-order valence-electron chi connectivity index (χ1n) is 8.03. The van der Waals surface area contributed by atoms with E-state index >= 15 is 0 Å². The van der Waals surface area contributed by atoms with Gasteiger partial charge in [-0.3, -0.25) is 9.69 Å². The van der Waals surface area contributed by atoms with Crippen LogP contribution >= 0.6 is 0 Å². The highest BCUT2D eigenvalue weighted by molar-refractivity contribution is 5.78. The van der Waals surface area contributed by atoms with Crippen LogP contribution in [0.4, 0.5) is 5.69 Å². The summed E-state index contributed by atoms with van der Waals surface area (Å²) in [5, 5.41) is 0. The largest absolute Gasteiger partial charge is 0.399 e. The van der Waals surface area contributed by atoms with Gasteiger partial charge in [-0.1, -0.05) is 31.9 Å². The number of amides is 1. The average molecular weight is 289 g/mol. The summed E-state index contributed by atoms with van der Waals surface area (Å²) in [4.78, 5) is 16.7. The van der Waals surface area contributed by atoms with Crippen LogP contribution in [0.2, 0.25) is 0 Å². The molecule has 0 unspecified atom stereocenters. The van der Waals surface area contributed by atoms with Crippen LogP contribution in [0.5, 0.6) is 0 Å². The Morgan fingerprint density at radius 2 is 1.76 bits per heavy atom. The Labute approximate surface area is 127 Å². The van der Waals surface area contributed by atoms with E-state index in [-0.39, 0.29) is 5.91 Å². The first kappa shape index (κ1) is 15.8. The first-order valence-corrected chi connectivity index (χ1v) is 8.03. The lowest BCUT2D eigenvalue weighted by molar-refractivity contribution is -0.132. The molecule has 0 radical (unpaired) electrons. The Balaban J connectivity index is 1.88. The predicted octanol–water partition coefficient (Wildman–Crippen LogP) is 2.49. The SMILES string of the molecule is CCN(CC(=O)N1CCCCCC1)Cc1ccc(N)cc1. The van der Waals surface area contributed by atoms with Gasteiger partial charge in [0.15, 0.2) is 0 Å². The molecule has 0 saturated carbocycles. The molecule has 4 nitrogen and oxygen atoms in total. The van der Waals surface area contributed by atoms with Crippen molar-refractivity contribution in [3.05, 3.63) is 29.8 Å². The number of nitrogen functional groups attached to an aromatic ring is 1. The monoisotopic (exact) mass is 289 g/mol. The van der Waals surface area contributed by atoms with Gasteiger partial charge >= 0.3 is 0 Å². The Kier molecular flexibility index (Phi) is 6.05. The van der Waals surface area contributed by atoms with Crippen LogP contribution in [0.25, 0.3) is 0 Å². The molecule has 116 valence electrons. The van der Waals surface area contributed by atoms with Crippen molar-refractivity contribution in [2.75, 3.05) is 31.9 Å². The van der Waals surface area contributed by atoms with Crippen molar-refractivity contribution in [1.82, 2.24) is 9.80 Å². The summed E-state index contributed by atoms with van der Waals surface area (Å²) in [6, 6.07) is 7.91. The number of nitrogens with zero attached hydrogens (tertiary/aromatic N) is 2. The number of carbonyl (C=O) groups excluding carboxylic acids is 1. The lowest BCUT2D eigenvalue weighted by atomic mass is 10.2. The van der Waals surface area contributed by atoms with Gasteiger partial charge in [-0.25, -0.2) is 0 Å². The van der Waals surface area contributed by atoms with E-state index in [2.05, 4.69) is 11.8 Å². The summed E-state index contributed by atoms with van der Waals surface area (Å²) in [6.45, 7) is 6.16. The number of hydrogen-bond donors (Lipinski definition) is 1. The topological polar surface area (TPSA) is 49.6 Å². The fourth-order valence-corrected chi connectivity index (χ4v) is 2.77. The molecule has 0 aromatic heterocycles. The van der Waals surface area contributed by atoms with Gasteiger partial charge in [0, 0.05) is 25.3 Å². The quantitative estimate of drug-likeness (QED) is 0.847. The lowest BCUT2D eigenvalue weighted by Gasteiger charge is -2.25. The van der Waals surface area contributed by atoms with Crippen molar-refractivity contribution in [2.24, 2.45) is 0 Å². The van der Waals surface area contributed by atoms with Gasteiger partial charge in [0.25, 0.3) is 0 Å². The van der Waals surface area contributed by atoms with Crippen LogP contribution in [0.3, 0.4) is 0 Å². The maximum atomic E-state index is 12.4. The van der Waals surface area contributed by atoms with E-state index in [1.165, 1.54) is 18.4 Å². The summed E-state index contributed by atoms with van der Waals surface area (Å²) in [5.74, 6) is 0.272. The van der Waals surface area contributed by atoms with Crippen LogP contribution in [0.15, 0.2) is 24.3 Å². The number of carbonyl (C=O) groups is 1. The molecule has 0 bridgehead atoms. The van der Waals surface area contributed by atoms with Gasteiger partial charge in [0.2, 0.25) is 5.91 Å². The van der Waals surface area contributed by atoms with Crippen LogP contribution in [0.1, 0.15) is 38.2 Å². The highest BCUT2D eigenvalue weighted by Gasteiger charge is 2.18. The van der Waals surface area contributed by atoms with Crippen LogP contribution < -0.4 is 5.73 Å². The summed E-state index contributed by atoms with van der Waals surface area (Å²) >= 11 is 0. The van der Waals surface area contributed by atoms with E-state index in [0.717, 1.165) is 44.7 Å². The van der Waals surface area contributed by atoms with E-state index in [4.69, 9.17) is 5.73 Å². The normalized spacial score (nSPS) is 16.0. The van der Waals surface area contributed by atoms with Gasteiger partial charge < -0.3 is 10.6 Å². The molecule has 1 fully saturated rings. The average Bonchev–Trinajstić information content (AvgIpc) is 2.78. The second kappa shape index (κ2) is 8.03. The summed E-state index contributed by atoms with van der Waals surface area (Å²) in [7, 11) is 0. The minimum absolute atomic E-state index is 0.272. The van der Waals surface area contributed by atoms with Crippen molar-refractivity contribution in [1.29, 1.82) is 0 Å². The third-order valence-corrected chi connectivity index (χ3v) is 4.15. The zero-order valence-electron chi connectivity index (χ0n) is 13.1. The van der Waals surface area contributed by atoms with Gasteiger partial charge in [0.05, 0.1) is 6.54 Å². The zero-order chi connectivity index (χ0) is 15.1. The number of benzene rings is 1. The van der Waals surface area contributed by atoms with E-state index < -0.39 is 0 Å². The van der Waals surface area contributed by atoms with E-state index in [0.29, 0.717) is 6.54 Å². The van der Waals surface area contributed by atoms with Gasteiger partial charge in [0.1, 0.15) is 0 Å². The fourth-order valence-electron chi connectivity index (χ4n) is 2.77. The number of nitrogens with two attached hydrogens (primary N) is 1. The molecule has 0 spiro atoms. The fraction of sp³-hybridized carbons (Fsp3) is 0.588. The Morgan fingerprint density at radius 3 is 2.33 bits per heavy atom. The van der Waals surface area contributed by atoms with Crippen molar-refractivity contribution < 1.29 is 4.79 Å². The summed E-state index contributed by atoms with van der Waals surface area (Å²) in [5.41, 5.74) is 7.69. The Hall–Kier alpha value is -1.55. The van der Waals surface area contributed by atoms with Gasteiger partial charge in [-0.15, -0.1) is 0 Å². The standard InChI is InChI=1S/C17H27N3O/c1-2-19(13-15-7-9-16(18)10-8-15)14-17(21)20-11-5-3-4-6-12-20/h7-10H,2-6,11-14,18H2,1H3. The number of rotatable bonds is 5. The molecule has 1 aromatic carbocycles. The molecule has 2 N–H and O–H groups in total. The summed E-state index contributed by atoms with van der Waals surface area (Å²) < 4.78 is 0. The number of anilines is 1. The maximum absolute atomic E-state index is 12.4. The minimum Gasteiger partial charge on any atom is -0.399 e. The highest BCUT2D eigenvalue weighted by Crippen LogP contribution is 2.12. The van der Waals surface area contributed by atoms with Crippen LogP contribution in [-0.4, -0.2) is 41.9 Å². The molecule has 2 rings (SSSR count). The van der Waals surface area contributed by atoms with Gasteiger partial charge in [-0.05, 0) is 37.1 Å². The predicted molar refractivity (Wildman–Crippen MR) is 86.9 cm³/mol. The number of likely N-dealkylation sites (N-methyl/N-ethyl adjacent to an activating group) is 1. The van der Waals surface area contributed by atoms with Crippen LogP contribution in [-0.2, 0) is 11.3 Å². The maximum Gasteiger partial charge on any atom is 0.236 e. The minimum atomic E-state index is 0.272. The smallest absolute Gasteiger partial charge is 0.236 e. The summed E-state index contributed by atoms with van der Waals surface area (Å²) in [6.07, 6.45) is 4.81. The van der Waals surface area contributed by atoms with Crippen molar-refractivity contribution >= 4 is 11.6 Å². The highest BCUT2D eigenvalue weighted by atomic mass is 16.2. The zero-order valence-corrected chi connectivity index (χ0v) is 13.1. The first-order chi connectivity index (χ1) is 10.2. The number of hydrogen-bond acceptors (Lipinski definition) is 3. The molecule has 0 atom stereocenters. The second-order valence-electron chi connectivity index (χ2n) is 5.84. The molecule has 0 aliphatic carbocycles. The molecule has 21 heavy (non-hydrogen) atoms. The molecular formula is C17H27N3O. The van der Waals surface area contributed by atoms with Gasteiger partial charge in [-0.2, -0.15) is 0 Å². The molecule has 1 amide bonds. The molecular weight excluding hydrogens is 262 g/mol. The van der Waals surface area contributed by atoms with Crippen molar-refractivity contribution in [3.63, 3.8) is 0 Å². The number of likely N-dealkylation sites (tertiary alicyclic amines) is 1. The molecule has 1 aliphatic heterocycles. The van der Waals surface area contributed by atoms with E-state index in [1.807, 2.05) is 29.2 Å². The molecule has 1 heterocycles. The second-order valence-corrected chi connectivity index (χ2v) is 5.84.